The van der Waals surface area contributed by atoms with Gasteiger partial charge in [-0.1, -0.05) is 6.92 Å². The number of carbonyl (C=O) groups is 1. The highest BCUT2D eigenvalue weighted by Crippen LogP contribution is 2.22. The molecule has 0 saturated carbocycles. The summed E-state index contributed by atoms with van der Waals surface area (Å²) in [6.45, 7) is 9.88. The zero-order chi connectivity index (χ0) is 11.6. The van der Waals surface area contributed by atoms with Crippen molar-refractivity contribution >= 4 is 11.6 Å². The van der Waals surface area contributed by atoms with E-state index in [4.69, 9.17) is 0 Å². The van der Waals surface area contributed by atoms with Crippen LogP contribution in [0.3, 0.4) is 0 Å². The fourth-order valence-corrected chi connectivity index (χ4v) is 1.57. The van der Waals surface area contributed by atoms with Crippen LogP contribution < -0.4 is 5.32 Å². The van der Waals surface area contributed by atoms with E-state index in [0.717, 1.165) is 17.1 Å². The molecule has 1 rings (SSSR count). The van der Waals surface area contributed by atoms with Crippen LogP contribution in [-0.4, -0.2) is 15.7 Å². The van der Waals surface area contributed by atoms with Crippen molar-refractivity contribution in [3.05, 3.63) is 11.4 Å². The fourth-order valence-electron chi connectivity index (χ4n) is 1.57. The number of anilines is 1. The first kappa shape index (κ1) is 11.8. The highest BCUT2D eigenvalue weighted by molar-refractivity contribution is 5.91. The average Bonchev–Trinajstić information content (AvgIpc) is 2.45. The van der Waals surface area contributed by atoms with Crippen LogP contribution in [0.25, 0.3) is 0 Å². The molecule has 0 saturated heterocycles. The van der Waals surface area contributed by atoms with Crippen molar-refractivity contribution in [2.24, 2.45) is 0 Å². The average molecular weight is 209 g/mol. The van der Waals surface area contributed by atoms with E-state index < -0.39 is 0 Å². The molecule has 0 unspecified atom stereocenters. The van der Waals surface area contributed by atoms with E-state index in [1.165, 1.54) is 0 Å². The third kappa shape index (κ3) is 2.37. The Morgan fingerprint density at radius 1 is 1.47 bits per heavy atom. The zero-order valence-corrected chi connectivity index (χ0v) is 10.1. The summed E-state index contributed by atoms with van der Waals surface area (Å²) in [6, 6.07) is 0.316. The molecular formula is C11H19N3O. The van der Waals surface area contributed by atoms with Crippen LogP contribution in [0.4, 0.5) is 5.69 Å². The van der Waals surface area contributed by atoms with Gasteiger partial charge in [-0.25, -0.2) is 0 Å². The summed E-state index contributed by atoms with van der Waals surface area (Å²) in [5, 5.41) is 7.28. The van der Waals surface area contributed by atoms with Crippen molar-refractivity contribution in [3.8, 4) is 0 Å². The van der Waals surface area contributed by atoms with E-state index in [-0.39, 0.29) is 5.91 Å². The molecule has 15 heavy (non-hydrogen) atoms. The van der Waals surface area contributed by atoms with Gasteiger partial charge in [0.2, 0.25) is 5.91 Å². The van der Waals surface area contributed by atoms with Crippen LogP contribution in [0.1, 0.15) is 44.6 Å². The Hall–Kier alpha value is -1.32. The second-order valence-electron chi connectivity index (χ2n) is 3.99. The summed E-state index contributed by atoms with van der Waals surface area (Å²) >= 11 is 0. The second-order valence-corrected chi connectivity index (χ2v) is 3.99. The molecule has 4 nitrogen and oxygen atoms in total. The Kier molecular flexibility index (Phi) is 3.50. The molecule has 1 amide bonds. The van der Waals surface area contributed by atoms with Crippen LogP contribution in [0.2, 0.25) is 0 Å². The van der Waals surface area contributed by atoms with E-state index in [0.29, 0.717) is 12.5 Å². The van der Waals surface area contributed by atoms with Crippen molar-refractivity contribution < 1.29 is 4.79 Å². The third-order valence-electron chi connectivity index (χ3n) is 2.40. The summed E-state index contributed by atoms with van der Waals surface area (Å²) in [5.41, 5.74) is 2.75. The molecule has 1 N–H and O–H groups in total. The van der Waals surface area contributed by atoms with Gasteiger partial charge in [0.1, 0.15) is 0 Å². The van der Waals surface area contributed by atoms with Gasteiger partial charge in [-0.2, -0.15) is 5.10 Å². The number of nitrogens with zero attached hydrogens (tertiary/aromatic N) is 2. The van der Waals surface area contributed by atoms with Crippen molar-refractivity contribution in [2.75, 3.05) is 5.32 Å². The molecule has 0 spiro atoms. The van der Waals surface area contributed by atoms with Crippen LogP contribution in [0, 0.1) is 13.8 Å². The Bertz CT molecular complexity index is 366. The van der Waals surface area contributed by atoms with E-state index in [2.05, 4.69) is 24.3 Å². The molecule has 1 aromatic heterocycles. The lowest BCUT2D eigenvalue weighted by molar-refractivity contribution is -0.115. The number of carbonyl (C=O) groups excluding carboxylic acids is 1. The molecule has 4 heteroatoms. The quantitative estimate of drug-likeness (QED) is 0.831. The molecule has 1 aromatic rings. The summed E-state index contributed by atoms with van der Waals surface area (Å²) in [7, 11) is 0. The van der Waals surface area contributed by atoms with Crippen LogP contribution in [-0.2, 0) is 4.79 Å². The Morgan fingerprint density at radius 2 is 2.07 bits per heavy atom. The van der Waals surface area contributed by atoms with Crippen molar-refractivity contribution in [2.45, 2.75) is 47.1 Å². The highest BCUT2D eigenvalue weighted by Gasteiger charge is 2.14. The standard InChI is InChI=1S/C11H19N3O/c1-6-10(15)12-11-8(4)13-14(7(2)3)9(11)5/h7H,6H2,1-5H3,(H,12,15). The number of nitrogens with one attached hydrogen (secondary N) is 1. The third-order valence-corrected chi connectivity index (χ3v) is 2.40. The fraction of sp³-hybridized carbons (Fsp3) is 0.636. The van der Waals surface area contributed by atoms with Gasteiger partial charge < -0.3 is 5.32 Å². The minimum atomic E-state index is 0.0320. The summed E-state index contributed by atoms with van der Waals surface area (Å²) in [6.07, 6.45) is 0.492. The van der Waals surface area contributed by atoms with E-state index in [1.54, 1.807) is 0 Å². The molecular weight excluding hydrogens is 190 g/mol. The number of rotatable bonds is 3. The summed E-state index contributed by atoms with van der Waals surface area (Å²) in [4.78, 5) is 11.3. The van der Waals surface area contributed by atoms with Gasteiger partial charge in [-0.3, -0.25) is 9.48 Å². The summed E-state index contributed by atoms with van der Waals surface area (Å²) < 4.78 is 1.93. The number of hydrogen-bond donors (Lipinski definition) is 1. The van der Waals surface area contributed by atoms with Gasteiger partial charge in [0, 0.05) is 12.5 Å². The molecule has 0 bridgehead atoms. The van der Waals surface area contributed by atoms with Crippen LogP contribution >= 0.6 is 0 Å². The summed E-state index contributed by atoms with van der Waals surface area (Å²) in [5.74, 6) is 0.0320. The van der Waals surface area contributed by atoms with Gasteiger partial charge in [-0.05, 0) is 27.7 Å². The maximum Gasteiger partial charge on any atom is 0.224 e. The first-order chi connectivity index (χ1) is 6.97. The molecule has 0 aromatic carbocycles. The lowest BCUT2D eigenvalue weighted by Crippen LogP contribution is -2.11. The Labute approximate surface area is 90.7 Å². The number of hydrogen-bond acceptors (Lipinski definition) is 2. The van der Waals surface area contributed by atoms with Crippen molar-refractivity contribution in [3.63, 3.8) is 0 Å². The predicted molar refractivity (Wildman–Crippen MR) is 61.0 cm³/mol. The second kappa shape index (κ2) is 4.47. The molecule has 0 radical (unpaired) electrons. The molecule has 0 atom stereocenters. The van der Waals surface area contributed by atoms with Crippen LogP contribution in [0.5, 0.6) is 0 Å². The lowest BCUT2D eigenvalue weighted by Gasteiger charge is -2.08. The van der Waals surface area contributed by atoms with Crippen molar-refractivity contribution in [1.82, 2.24) is 9.78 Å². The Balaban J connectivity index is 3.03. The van der Waals surface area contributed by atoms with Crippen molar-refractivity contribution in [1.29, 1.82) is 0 Å². The normalized spacial score (nSPS) is 10.8. The first-order valence-corrected chi connectivity index (χ1v) is 5.32. The number of aromatic nitrogens is 2. The molecule has 0 fully saturated rings. The minimum Gasteiger partial charge on any atom is -0.323 e. The monoisotopic (exact) mass is 209 g/mol. The Morgan fingerprint density at radius 3 is 2.47 bits per heavy atom. The van der Waals surface area contributed by atoms with Gasteiger partial charge in [0.05, 0.1) is 17.1 Å². The molecule has 84 valence electrons. The molecule has 1 heterocycles. The van der Waals surface area contributed by atoms with Crippen LogP contribution in [0.15, 0.2) is 0 Å². The molecule has 0 aliphatic carbocycles. The largest absolute Gasteiger partial charge is 0.323 e. The maximum atomic E-state index is 11.3. The van der Waals surface area contributed by atoms with Gasteiger partial charge in [-0.15, -0.1) is 0 Å². The highest BCUT2D eigenvalue weighted by atomic mass is 16.1. The SMILES string of the molecule is CCC(=O)Nc1c(C)nn(C(C)C)c1C. The number of aryl methyl sites for hydroxylation is 1. The smallest absolute Gasteiger partial charge is 0.224 e. The van der Waals surface area contributed by atoms with E-state index in [9.17, 15) is 4.79 Å². The first-order valence-electron chi connectivity index (χ1n) is 5.32. The molecule has 0 aliphatic rings. The number of amides is 1. The van der Waals surface area contributed by atoms with Gasteiger partial charge >= 0.3 is 0 Å². The zero-order valence-electron chi connectivity index (χ0n) is 10.1. The minimum absolute atomic E-state index is 0.0320. The predicted octanol–water partition coefficient (Wildman–Crippen LogP) is 2.43. The van der Waals surface area contributed by atoms with E-state index in [1.807, 2.05) is 25.5 Å². The van der Waals surface area contributed by atoms with E-state index >= 15 is 0 Å². The van der Waals surface area contributed by atoms with Gasteiger partial charge in [0.15, 0.2) is 0 Å². The lowest BCUT2D eigenvalue weighted by atomic mass is 10.3. The molecule has 0 aliphatic heterocycles. The van der Waals surface area contributed by atoms with Gasteiger partial charge in [0.25, 0.3) is 0 Å². The maximum absolute atomic E-state index is 11.3. The topological polar surface area (TPSA) is 46.9 Å².